The Morgan fingerprint density at radius 2 is 1.76 bits per heavy atom. The van der Waals surface area contributed by atoms with Crippen LogP contribution in [0.4, 0.5) is 11.4 Å². The van der Waals surface area contributed by atoms with Gasteiger partial charge >= 0.3 is 0 Å². The molecule has 0 saturated carbocycles. The highest BCUT2D eigenvalue weighted by atomic mass is 31.2. The second-order valence-electron chi connectivity index (χ2n) is 7.04. The van der Waals surface area contributed by atoms with E-state index in [-0.39, 0.29) is 0 Å². The quantitative estimate of drug-likeness (QED) is 0.487. The summed E-state index contributed by atoms with van der Waals surface area (Å²) < 4.78 is 20.5. The van der Waals surface area contributed by atoms with E-state index in [0.29, 0.717) is 11.9 Å². The first-order valence-electron chi connectivity index (χ1n) is 9.78. The second kappa shape index (κ2) is 9.73. The van der Waals surface area contributed by atoms with Crippen LogP contribution in [-0.4, -0.2) is 25.7 Å². The number of aromatic nitrogens is 1. The molecule has 6 heteroatoms. The third kappa shape index (κ3) is 5.06. The number of benzene rings is 2. The summed E-state index contributed by atoms with van der Waals surface area (Å²) in [4.78, 5) is 6.26. The molecule has 0 bridgehead atoms. The summed E-state index contributed by atoms with van der Waals surface area (Å²) in [5.74, 6) is -0.546. The van der Waals surface area contributed by atoms with Gasteiger partial charge in [0.15, 0.2) is 0 Å². The normalized spacial score (nSPS) is 14.0. The Kier molecular flexibility index (Phi) is 7.08. The zero-order chi connectivity index (χ0) is 20.7. The topological polar surface area (TPSA) is 54.5 Å². The molecule has 0 unspecified atom stereocenters. The van der Waals surface area contributed by atoms with Gasteiger partial charge in [0, 0.05) is 48.7 Å². The van der Waals surface area contributed by atoms with E-state index in [4.69, 9.17) is 4.52 Å². The largest absolute Gasteiger partial charge is 0.378 e. The first-order chi connectivity index (χ1) is 14.0. The Hall–Kier alpha value is -2.62. The van der Waals surface area contributed by atoms with Crippen LogP contribution in [0.5, 0.6) is 0 Å². The van der Waals surface area contributed by atoms with Crippen molar-refractivity contribution >= 4 is 24.0 Å². The predicted molar refractivity (Wildman–Crippen MR) is 121 cm³/mol. The lowest BCUT2D eigenvalue weighted by Gasteiger charge is -2.30. The first-order valence-corrected chi connectivity index (χ1v) is 11.5. The van der Waals surface area contributed by atoms with Crippen LogP contribution in [0.1, 0.15) is 24.7 Å². The minimum atomic E-state index is -3.31. The van der Waals surface area contributed by atoms with E-state index in [1.807, 2.05) is 92.6 Å². The van der Waals surface area contributed by atoms with Crippen molar-refractivity contribution < 1.29 is 9.09 Å². The van der Waals surface area contributed by atoms with Crippen LogP contribution in [0.2, 0.25) is 0 Å². The standard InChI is InChI=1S/C23H28N3O2P/c1-4-17-28-29(27,22-14-12-21(13-15-22)26(2)3)23(19-9-8-16-24-18-19)25-20-10-6-5-7-11-20/h5-16,18,23,25H,4,17H2,1-3H3/t23-,29-/m1/s1. The molecule has 1 heterocycles. The number of hydrogen-bond donors (Lipinski definition) is 1. The van der Waals surface area contributed by atoms with Crippen molar-refractivity contribution in [1.82, 2.24) is 4.98 Å². The van der Waals surface area contributed by atoms with Crippen molar-refractivity contribution in [1.29, 1.82) is 0 Å². The molecule has 0 saturated heterocycles. The van der Waals surface area contributed by atoms with Crippen LogP contribution >= 0.6 is 7.37 Å². The van der Waals surface area contributed by atoms with Gasteiger partial charge in [0.25, 0.3) is 7.37 Å². The van der Waals surface area contributed by atoms with Gasteiger partial charge in [-0.2, -0.15) is 0 Å². The Morgan fingerprint density at radius 1 is 1.03 bits per heavy atom. The molecule has 0 aliphatic carbocycles. The van der Waals surface area contributed by atoms with Gasteiger partial charge < -0.3 is 14.7 Å². The lowest BCUT2D eigenvalue weighted by Crippen LogP contribution is -2.21. The molecule has 29 heavy (non-hydrogen) atoms. The van der Waals surface area contributed by atoms with E-state index < -0.39 is 13.2 Å². The number of anilines is 2. The molecule has 3 rings (SSSR count). The maximum atomic E-state index is 14.4. The molecule has 1 N–H and O–H groups in total. The molecule has 0 aliphatic heterocycles. The fraction of sp³-hybridized carbons (Fsp3) is 0.261. The predicted octanol–water partition coefficient (Wildman–Crippen LogP) is 5.29. The Morgan fingerprint density at radius 3 is 2.34 bits per heavy atom. The number of para-hydroxylation sites is 1. The van der Waals surface area contributed by atoms with Crippen LogP contribution in [0.25, 0.3) is 0 Å². The van der Waals surface area contributed by atoms with Crippen LogP contribution < -0.4 is 15.5 Å². The number of pyridine rings is 1. The highest BCUT2D eigenvalue weighted by molar-refractivity contribution is 7.67. The zero-order valence-corrected chi connectivity index (χ0v) is 18.0. The molecule has 2 aromatic carbocycles. The van der Waals surface area contributed by atoms with Gasteiger partial charge in [0.05, 0.1) is 6.61 Å². The smallest absolute Gasteiger partial charge is 0.258 e. The van der Waals surface area contributed by atoms with Crippen molar-refractivity contribution in [3.8, 4) is 0 Å². The van der Waals surface area contributed by atoms with Crippen LogP contribution in [0.15, 0.2) is 79.1 Å². The molecule has 3 aromatic rings. The number of rotatable bonds is 9. The van der Waals surface area contributed by atoms with Crippen molar-refractivity contribution in [3.05, 3.63) is 84.7 Å². The monoisotopic (exact) mass is 409 g/mol. The molecular weight excluding hydrogens is 381 g/mol. The van der Waals surface area contributed by atoms with Gasteiger partial charge in [-0.15, -0.1) is 0 Å². The van der Waals surface area contributed by atoms with E-state index >= 15 is 0 Å². The average molecular weight is 409 g/mol. The van der Waals surface area contributed by atoms with E-state index in [9.17, 15) is 4.57 Å². The number of nitrogens with zero attached hydrogens (tertiary/aromatic N) is 2. The lowest BCUT2D eigenvalue weighted by molar-refractivity contribution is 0.315. The molecule has 1 aromatic heterocycles. The summed E-state index contributed by atoms with van der Waals surface area (Å²) in [6.45, 7) is 2.43. The molecular formula is C23H28N3O2P. The van der Waals surface area contributed by atoms with Gasteiger partial charge in [-0.05, 0) is 48.9 Å². The maximum Gasteiger partial charge on any atom is 0.258 e. The molecule has 152 valence electrons. The molecule has 0 radical (unpaired) electrons. The van der Waals surface area contributed by atoms with Crippen LogP contribution in [-0.2, 0) is 9.09 Å². The lowest BCUT2D eigenvalue weighted by atomic mass is 10.2. The highest BCUT2D eigenvalue weighted by Crippen LogP contribution is 2.59. The third-order valence-electron chi connectivity index (χ3n) is 4.63. The molecule has 0 spiro atoms. The summed E-state index contributed by atoms with van der Waals surface area (Å²) >= 11 is 0. The molecule has 5 nitrogen and oxygen atoms in total. The maximum absolute atomic E-state index is 14.4. The Labute approximate surface area is 173 Å². The van der Waals surface area contributed by atoms with Gasteiger partial charge in [0.2, 0.25) is 0 Å². The number of nitrogens with one attached hydrogen (secondary N) is 1. The minimum absolute atomic E-state index is 0.417. The zero-order valence-electron chi connectivity index (χ0n) is 17.2. The van der Waals surface area contributed by atoms with Crippen LogP contribution in [0, 0.1) is 0 Å². The SMILES string of the molecule is CCCO[P@](=O)(c1ccc(N(C)C)cc1)[C@@H](Nc1ccccc1)c1cccnc1. The van der Waals surface area contributed by atoms with Gasteiger partial charge in [-0.25, -0.2) is 0 Å². The van der Waals surface area contributed by atoms with E-state index in [1.165, 1.54) is 0 Å². The van der Waals surface area contributed by atoms with Gasteiger partial charge in [-0.3, -0.25) is 9.55 Å². The molecule has 2 atom stereocenters. The fourth-order valence-corrected chi connectivity index (χ4v) is 5.56. The van der Waals surface area contributed by atoms with E-state index in [1.54, 1.807) is 12.4 Å². The van der Waals surface area contributed by atoms with E-state index in [0.717, 1.165) is 23.4 Å². The number of hydrogen-bond acceptors (Lipinski definition) is 5. The Bertz CT molecular complexity index is 931. The summed E-state index contributed by atoms with van der Waals surface area (Å²) in [7, 11) is 0.662. The molecule has 0 fully saturated rings. The van der Waals surface area contributed by atoms with E-state index in [2.05, 4.69) is 10.3 Å². The highest BCUT2D eigenvalue weighted by Gasteiger charge is 2.38. The van der Waals surface area contributed by atoms with Gasteiger partial charge in [0.1, 0.15) is 5.78 Å². The molecule has 0 aliphatic rings. The van der Waals surface area contributed by atoms with Crippen LogP contribution in [0.3, 0.4) is 0 Å². The van der Waals surface area contributed by atoms with Crippen molar-refractivity contribution in [2.75, 3.05) is 30.9 Å². The van der Waals surface area contributed by atoms with Crippen molar-refractivity contribution in [3.63, 3.8) is 0 Å². The van der Waals surface area contributed by atoms with Gasteiger partial charge in [-0.1, -0.05) is 31.2 Å². The average Bonchev–Trinajstić information content (AvgIpc) is 2.77. The van der Waals surface area contributed by atoms with Crippen molar-refractivity contribution in [2.45, 2.75) is 19.1 Å². The summed E-state index contributed by atoms with van der Waals surface area (Å²) in [6, 6.07) is 21.3. The molecule has 0 amide bonds. The first kappa shape index (κ1) is 21.1. The summed E-state index contributed by atoms with van der Waals surface area (Å²) in [6.07, 6.45) is 4.24. The summed E-state index contributed by atoms with van der Waals surface area (Å²) in [5, 5.41) is 4.13. The summed E-state index contributed by atoms with van der Waals surface area (Å²) in [5.41, 5.74) is 2.75. The second-order valence-corrected chi connectivity index (χ2v) is 9.53. The fourth-order valence-electron chi connectivity index (χ4n) is 3.08. The Balaban J connectivity index is 2.08. The van der Waals surface area contributed by atoms with Crippen molar-refractivity contribution in [2.24, 2.45) is 0 Å². The minimum Gasteiger partial charge on any atom is -0.378 e. The third-order valence-corrected chi connectivity index (χ3v) is 7.32.